The number of carboxylic acid groups (broad SMARTS) is 1. The van der Waals surface area contributed by atoms with Gasteiger partial charge in [-0.15, -0.1) is 0 Å². The largest absolute Gasteiger partial charge is 0.465 e. The second-order valence-corrected chi connectivity index (χ2v) is 11.8. The molecule has 2 aromatic carbocycles. The summed E-state index contributed by atoms with van der Waals surface area (Å²) in [7, 11) is 4.16. The molecule has 0 radical (unpaired) electrons. The van der Waals surface area contributed by atoms with Crippen molar-refractivity contribution in [3.63, 3.8) is 0 Å². The van der Waals surface area contributed by atoms with Crippen LogP contribution in [0.15, 0.2) is 36.4 Å². The first-order valence-corrected chi connectivity index (χ1v) is 14.6. The molecule has 212 valence electrons. The monoisotopic (exact) mass is 564 g/mol. The molecule has 6 rings (SSSR count). The first-order chi connectivity index (χ1) is 19.3. The average molecular weight is 565 g/mol. The third kappa shape index (κ3) is 5.01. The summed E-state index contributed by atoms with van der Waals surface area (Å²) in [5.41, 5.74) is 3.15. The van der Waals surface area contributed by atoms with Gasteiger partial charge in [0.05, 0.1) is 17.3 Å². The normalized spacial score (nSPS) is 23.1. The molecule has 1 N–H and O–H groups in total. The number of carbonyl (C=O) groups is 1. The maximum absolute atomic E-state index is 11.8. The van der Waals surface area contributed by atoms with E-state index in [0.717, 1.165) is 70.9 Å². The fraction of sp³-hybridized carbons (Fsp3) is 0.500. The van der Waals surface area contributed by atoms with Crippen molar-refractivity contribution in [2.45, 2.75) is 57.3 Å². The van der Waals surface area contributed by atoms with Crippen LogP contribution in [0, 0.1) is 0 Å². The number of aromatic nitrogens is 2. The third-order valence-corrected chi connectivity index (χ3v) is 9.27. The van der Waals surface area contributed by atoms with Crippen LogP contribution in [0.2, 0.25) is 5.02 Å². The molecule has 0 bridgehead atoms. The van der Waals surface area contributed by atoms with E-state index in [4.69, 9.17) is 26.3 Å². The highest BCUT2D eigenvalue weighted by molar-refractivity contribution is 6.36. The lowest BCUT2D eigenvalue weighted by Crippen LogP contribution is -2.39. The Kier molecular flexibility index (Phi) is 7.35. The summed E-state index contributed by atoms with van der Waals surface area (Å²) < 4.78 is 6.26. The van der Waals surface area contributed by atoms with Gasteiger partial charge in [0.1, 0.15) is 12.4 Å². The smallest absolute Gasteiger partial charge is 0.407 e. The number of rotatable bonds is 6. The van der Waals surface area contributed by atoms with Crippen LogP contribution in [-0.4, -0.2) is 89.4 Å². The van der Waals surface area contributed by atoms with Gasteiger partial charge in [-0.05, 0) is 63.7 Å². The molecule has 3 aromatic rings. The van der Waals surface area contributed by atoms with Crippen molar-refractivity contribution < 1.29 is 14.6 Å². The van der Waals surface area contributed by atoms with E-state index in [-0.39, 0.29) is 12.1 Å². The second kappa shape index (κ2) is 10.9. The lowest BCUT2D eigenvalue weighted by molar-refractivity contribution is 0.143. The Balaban J connectivity index is 1.34. The van der Waals surface area contributed by atoms with Crippen LogP contribution in [0.1, 0.15) is 37.4 Å². The molecule has 3 aliphatic heterocycles. The van der Waals surface area contributed by atoms with Gasteiger partial charge in [-0.3, -0.25) is 0 Å². The zero-order valence-corrected chi connectivity index (χ0v) is 24.1. The van der Waals surface area contributed by atoms with E-state index in [9.17, 15) is 9.90 Å². The molecule has 2 fully saturated rings. The number of nitrogens with zero attached hydrogens (tertiary/aromatic N) is 6. The summed E-state index contributed by atoms with van der Waals surface area (Å²) in [4.78, 5) is 30.0. The van der Waals surface area contributed by atoms with Gasteiger partial charge in [0.15, 0.2) is 0 Å². The predicted octanol–water partition coefficient (Wildman–Crippen LogP) is 4.90. The molecular weight excluding hydrogens is 528 g/mol. The number of fused-ring (bicyclic) bond motifs is 2. The van der Waals surface area contributed by atoms with Crippen molar-refractivity contribution in [3.05, 3.63) is 52.7 Å². The summed E-state index contributed by atoms with van der Waals surface area (Å²) in [6.45, 7) is 5.47. The zero-order chi connectivity index (χ0) is 28.0. The molecule has 1 unspecified atom stereocenters. The number of anilines is 2. The van der Waals surface area contributed by atoms with Gasteiger partial charge in [-0.2, -0.15) is 9.97 Å². The average Bonchev–Trinajstić information content (AvgIpc) is 3.55. The van der Waals surface area contributed by atoms with Gasteiger partial charge in [-0.25, -0.2) is 4.79 Å². The Morgan fingerprint density at radius 2 is 2.00 bits per heavy atom. The lowest BCUT2D eigenvalue weighted by Gasteiger charge is -2.35. The van der Waals surface area contributed by atoms with Crippen LogP contribution >= 0.6 is 11.6 Å². The molecule has 2 saturated heterocycles. The van der Waals surface area contributed by atoms with E-state index in [1.54, 1.807) is 0 Å². The van der Waals surface area contributed by atoms with Crippen molar-refractivity contribution in [2.24, 2.45) is 0 Å². The SMILES string of the molecule is C[C@@H]1C[C@@H](N(C)c2nc(OCC3CCCN3C)nc3c2CCN(c2cccc4cccc(Cl)c24)C3)CN1C(=O)O. The van der Waals surface area contributed by atoms with E-state index in [2.05, 4.69) is 46.0 Å². The minimum atomic E-state index is -0.873. The van der Waals surface area contributed by atoms with Crippen molar-refractivity contribution in [1.29, 1.82) is 0 Å². The molecule has 1 amide bonds. The van der Waals surface area contributed by atoms with Crippen molar-refractivity contribution >= 4 is 40.0 Å². The standard InChI is InChI=1S/C30H37ClN6O3/c1-19-15-22(16-37(19)30(38)39)35(3)28-23-12-14-36(26-11-5-8-20-7-4-10-24(31)27(20)26)17-25(23)32-29(33-28)40-18-21-9-6-13-34(21)2/h4-5,7-8,10-11,19,21-22H,6,9,12-18H2,1-3H3,(H,38,39)/t19-,21?,22-/m1/s1. The van der Waals surface area contributed by atoms with E-state index in [0.29, 0.717) is 31.7 Å². The number of ether oxygens (including phenoxy) is 1. The number of hydrogen-bond donors (Lipinski definition) is 1. The molecule has 10 heteroatoms. The fourth-order valence-corrected chi connectivity index (χ4v) is 6.85. The van der Waals surface area contributed by atoms with Crippen LogP contribution in [0.5, 0.6) is 6.01 Å². The first kappa shape index (κ1) is 26.9. The molecule has 3 atom stereocenters. The Labute approximate surface area is 240 Å². The third-order valence-electron chi connectivity index (χ3n) is 8.95. The Morgan fingerprint density at radius 3 is 2.73 bits per heavy atom. The van der Waals surface area contributed by atoms with Crippen molar-refractivity contribution in [2.75, 3.05) is 50.1 Å². The maximum atomic E-state index is 11.8. The summed E-state index contributed by atoms with van der Waals surface area (Å²) >= 11 is 6.68. The number of halogens is 1. The highest BCUT2D eigenvalue weighted by Gasteiger charge is 2.37. The fourth-order valence-electron chi connectivity index (χ4n) is 6.57. The van der Waals surface area contributed by atoms with Crippen LogP contribution in [0.25, 0.3) is 10.8 Å². The number of benzene rings is 2. The van der Waals surface area contributed by atoms with E-state index < -0.39 is 6.09 Å². The molecule has 0 aliphatic carbocycles. The van der Waals surface area contributed by atoms with Crippen LogP contribution in [0.4, 0.5) is 16.3 Å². The van der Waals surface area contributed by atoms with Gasteiger partial charge in [-0.1, -0.05) is 35.9 Å². The number of hydrogen-bond acceptors (Lipinski definition) is 7. The highest BCUT2D eigenvalue weighted by atomic mass is 35.5. The summed E-state index contributed by atoms with van der Waals surface area (Å²) in [6.07, 6.45) is 2.93. The van der Waals surface area contributed by atoms with Crippen LogP contribution in [-0.2, 0) is 13.0 Å². The van der Waals surface area contributed by atoms with Gasteiger partial charge < -0.3 is 29.4 Å². The zero-order valence-electron chi connectivity index (χ0n) is 23.4. The van der Waals surface area contributed by atoms with Gasteiger partial charge >= 0.3 is 12.1 Å². The molecule has 0 spiro atoms. The minimum Gasteiger partial charge on any atom is -0.465 e. The Hall–Kier alpha value is -3.30. The van der Waals surface area contributed by atoms with E-state index >= 15 is 0 Å². The molecule has 9 nitrogen and oxygen atoms in total. The molecule has 4 heterocycles. The van der Waals surface area contributed by atoms with Gasteiger partial charge in [0.25, 0.3) is 0 Å². The summed E-state index contributed by atoms with van der Waals surface area (Å²) in [6, 6.07) is 13.0. The van der Waals surface area contributed by atoms with Crippen molar-refractivity contribution in [3.8, 4) is 6.01 Å². The Bertz CT molecular complexity index is 1410. The van der Waals surface area contributed by atoms with Gasteiger partial charge in [0.2, 0.25) is 0 Å². The van der Waals surface area contributed by atoms with E-state index in [1.807, 2.05) is 26.1 Å². The second-order valence-electron chi connectivity index (χ2n) is 11.4. The van der Waals surface area contributed by atoms with E-state index in [1.165, 1.54) is 11.3 Å². The maximum Gasteiger partial charge on any atom is 0.407 e. The lowest BCUT2D eigenvalue weighted by atomic mass is 10.0. The molecule has 40 heavy (non-hydrogen) atoms. The quantitative estimate of drug-likeness (QED) is 0.453. The molecule has 1 aromatic heterocycles. The minimum absolute atomic E-state index is 0.0359. The predicted molar refractivity (Wildman–Crippen MR) is 158 cm³/mol. The summed E-state index contributed by atoms with van der Waals surface area (Å²) in [5, 5.41) is 12.6. The Morgan fingerprint density at radius 1 is 1.20 bits per heavy atom. The van der Waals surface area contributed by atoms with Crippen molar-refractivity contribution in [1.82, 2.24) is 19.8 Å². The number of likely N-dealkylation sites (tertiary alicyclic amines) is 2. The number of likely N-dealkylation sites (N-methyl/N-ethyl adjacent to an activating group) is 2. The van der Waals surface area contributed by atoms with Crippen LogP contribution in [0.3, 0.4) is 0 Å². The van der Waals surface area contributed by atoms with Crippen LogP contribution < -0.4 is 14.5 Å². The first-order valence-electron chi connectivity index (χ1n) is 14.2. The molecular formula is C30H37ClN6O3. The highest BCUT2D eigenvalue weighted by Crippen LogP contribution is 2.37. The molecule has 0 saturated carbocycles. The summed E-state index contributed by atoms with van der Waals surface area (Å²) in [5.74, 6) is 0.847. The molecule has 3 aliphatic rings. The number of amides is 1. The topological polar surface area (TPSA) is 85.3 Å². The van der Waals surface area contributed by atoms with Gasteiger partial charge in [0, 0.05) is 54.9 Å².